The molecule has 1 N–H and O–H groups in total. The molecule has 2 aromatic carbocycles. The molecule has 1 aliphatic rings. The van der Waals surface area contributed by atoms with E-state index in [1.54, 1.807) is 49.3 Å². The van der Waals surface area contributed by atoms with Gasteiger partial charge >= 0.3 is 0 Å². The van der Waals surface area contributed by atoms with E-state index in [9.17, 15) is 9.59 Å². The molecule has 2 amide bonds. The van der Waals surface area contributed by atoms with Crippen molar-refractivity contribution >= 4 is 11.8 Å². The lowest BCUT2D eigenvalue weighted by Gasteiger charge is -2.17. The molecule has 1 heterocycles. The smallest absolute Gasteiger partial charge is 0.254 e. The highest BCUT2D eigenvalue weighted by Crippen LogP contribution is 2.32. The molecule has 0 bridgehead atoms. The highest BCUT2D eigenvalue weighted by Gasteiger charge is 2.18. The molecule has 0 saturated heterocycles. The molecule has 0 aliphatic carbocycles. The Morgan fingerprint density at radius 3 is 2.42 bits per heavy atom. The first kappa shape index (κ1) is 15.9. The number of carbonyl (C=O) groups is 2. The Hall–Kier alpha value is -3.02. The number of rotatable bonds is 4. The van der Waals surface area contributed by atoms with E-state index in [1.165, 1.54) is 0 Å². The molecule has 0 fully saturated rings. The second kappa shape index (κ2) is 6.62. The van der Waals surface area contributed by atoms with Gasteiger partial charge in [-0.15, -0.1) is 0 Å². The van der Waals surface area contributed by atoms with Crippen LogP contribution in [0.4, 0.5) is 0 Å². The maximum absolute atomic E-state index is 12.5. The lowest BCUT2D eigenvalue weighted by atomic mass is 10.1. The van der Waals surface area contributed by atoms with E-state index in [-0.39, 0.29) is 18.6 Å². The predicted molar refractivity (Wildman–Crippen MR) is 88.2 cm³/mol. The zero-order valence-electron chi connectivity index (χ0n) is 13.5. The van der Waals surface area contributed by atoms with E-state index in [2.05, 4.69) is 5.32 Å². The quantitative estimate of drug-likeness (QED) is 0.934. The maximum Gasteiger partial charge on any atom is 0.254 e. The Balaban J connectivity index is 1.69. The van der Waals surface area contributed by atoms with Gasteiger partial charge < -0.3 is 19.7 Å². The molecule has 0 radical (unpaired) electrons. The van der Waals surface area contributed by atoms with Gasteiger partial charge in [0.05, 0.1) is 0 Å². The maximum atomic E-state index is 12.5. The van der Waals surface area contributed by atoms with Crippen LogP contribution in [-0.2, 0) is 6.54 Å². The molecule has 0 aromatic heterocycles. The Bertz CT molecular complexity index is 771. The van der Waals surface area contributed by atoms with Gasteiger partial charge in [0.25, 0.3) is 11.8 Å². The Kier molecular flexibility index (Phi) is 4.37. The first-order valence-corrected chi connectivity index (χ1v) is 7.54. The van der Waals surface area contributed by atoms with Crippen molar-refractivity contribution in [3.63, 3.8) is 0 Å². The molecule has 6 nitrogen and oxygen atoms in total. The van der Waals surface area contributed by atoms with Crippen molar-refractivity contribution < 1.29 is 19.1 Å². The highest BCUT2D eigenvalue weighted by molar-refractivity contribution is 5.95. The van der Waals surface area contributed by atoms with Gasteiger partial charge in [0.2, 0.25) is 6.79 Å². The average molecular weight is 326 g/mol. The van der Waals surface area contributed by atoms with Gasteiger partial charge in [0.1, 0.15) is 0 Å². The first-order chi connectivity index (χ1) is 11.6. The van der Waals surface area contributed by atoms with Crippen molar-refractivity contribution in [2.75, 3.05) is 20.9 Å². The fraction of sp³-hybridized carbons (Fsp3) is 0.222. The third-order valence-electron chi connectivity index (χ3n) is 3.83. The van der Waals surface area contributed by atoms with Gasteiger partial charge in [-0.2, -0.15) is 0 Å². The fourth-order valence-corrected chi connectivity index (χ4v) is 2.50. The standard InChI is InChI=1S/C18H18N2O4/c1-19-17(21)13-5-3-12(4-6-13)10-20(2)18(22)14-7-8-15-16(9-14)24-11-23-15/h3-9H,10-11H2,1-2H3,(H,19,21). The number of fused-ring (bicyclic) bond motifs is 1. The van der Waals surface area contributed by atoms with Crippen molar-refractivity contribution in [3.05, 3.63) is 59.2 Å². The fourth-order valence-electron chi connectivity index (χ4n) is 2.50. The summed E-state index contributed by atoms with van der Waals surface area (Å²) in [5, 5.41) is 2.58. The van der Waals surface area contributed by atoms with Crippen molar-refractivity contribution in [1.29, 1.82) is 0 Å². The van der Waals surface area contributed by atoms with Gasteiger partial charge in [-0.1, -0.05) is 12.1 Å². The van der Waals surface area contributed by atoms with Crippen molar-refractivity contribution in [2.24, 2.45) is 0 Å². The van der Waals surface area contributed by atoms with Gasteiger partial charge in [0, 0.05) is 31.8 Å². The van der Waals surface area contributed by atoms with E-state index >= 15 is 0 Å². The Morgan fingerprint density at radius 2 is 1.71 bits per heavy atom. The third-order valence-corrected chi connectivity index (χ3v) is 3.83. The molecule has 3 rings (SSSR count). The molecular formula is C18H18N2O4. The van der Waals surface area contributed by atoms with Crippen LogP contribution in [0, 0.1) is 0 Å². The van der Waals surface area contributed by atoms with Crippen LogP contribution < -0.4 is 14.8 Å². The summed E-state index contributed by atoms with van der Waals surface area (Å²) in [6, 6.07) is 12.3. The molecule has 0 unspecified atom stereocenters. The summed E-state index contributed by atoms with van der Waals surface area (Å²) >= 11 is 0. The number of benzene rings is 2. The number of hydrogen-bond donors (Lipinski definition) is 1. The Morgan fingerprint density at radius 1 is 1.04 bits per heavy atom. The predicted octanol–water partition coefficient (Wildman–Crippen LogP) is 2.05. The lowest BCUT2D eigenvalue weighted by Crippen LogP contribution is -2.26. The van der Waals surface area contributed by atoms with Crippen LogP contribution in [0.5, 0.6) is 11.5 Å². The van der Waals surface area contributed by atoms with Crippen LogP contribution >= 0.6 is 0 Å². The second-order valence-corrected chi connectivity index (χ2v) is 5.51. The molecule has 124 valence electrons. The SMILES string of the molecule is CNC(=O)c1ccc(CN(C)C(=O)c2ccc3c(c2)OCO3)cc1. The number of nitrogens with zero attached hydrogens (tertiary/aromatic N) is 1. The summed E-state index contributed by atoms with van der Waals surface area (Å²) in [6.45, 7) is 0.627. The topological polar surface area (TPSA) is 67.9 Å². The van der Waals surface area contributed by atoms with E-state index in [0.29, 0.717) is 29.2 Å². The van der Waals surface area contributed by atoms with Gasteiger partial charge in [0.15, 0.2) is 11.5 Å². The van der Waals surface area contributed by atoms with Gasteiger partial charge in [-0.25, -0.2) is 0 Å². The van der Waals surface area contributed by atoms with E-state index in [1.807, 2.05) is 12.1 Å². The molecule has 0 spiro atoms. The normalized spacial score (nSPS) is 11.9. The van der Waals surface area contributed by atoms with Crippen LogP contribution in [0.2, 0.25) is 0 Å². The molecule has 0 saturated carbocycles. The average Bonchev–Trinajstić information content (AvgIpc) is 3.08. The summed E-state index contributed by atoms with van der Waals surface area (Å²) < 4.78 is 10.6. The summed E-state index contributed by atoms with van der Waals surface area (Å²) in [5.74, 6) is 0.998. The van der Waals surface area contributed by atoms with Crippen LogP contribution in [0.25, 0.3) is 0 Å². The van der Waals surface area contributed by atoms with E-state index in [4.69, 9.17) is 9.47 Å². The summed E-state index contributed by atoms with van der Waals surface area (Å²) in [6.07, 6.45) is 0. The van der Waals surface area contributed by atoms with Crippen molar-refractivity contribution in [2.45, 2.75) is 6.54 Å². The minimum atomic E-state index is -0.133. The van der Waals surface area contributed by atoms with Crippen LogP contribution in [0.1, 0.15) is 26.3 Å². The van der Waals surface area contributed by atoms with Crippen LogP contribution in [-0.4, -0.2) is 37.6 Å². The monoisotopic (exact) mass is 326 g/mol. The highest BCUT2D eigenvalue weighted by atomic mass is 16.7. The second-order valence-electron chi connectivity index (χ2n) is 5.51. The number of hydrogen-bond acceptors (Lipinski definition) is 4. The molecule has 24 heavy (non-hydrogen) atoms. The van der Waals surface area contributed by atoms with Crippen molar-refractivity contribution in [3.8, 4) is 11.5 Å². The van der Waals surface area contributed by atoms with Crippen LogP contribution in [0.15, 0.2) is 42.5 Å². The van der Waals surface area contributed by atoms with Gasteiger partial charge in [-0.05, 0) is 35.9 Å². The van der Waals surface area contributed by atoms with Gasteiger partial charge in [-0.3, -0.25) is 9.59 Å². The van der Waals surface area contributed by atoms with Crippen LogP contribution in [0.3, 0.4) is 0 Å². The number of ether oxygens (including phenoxy) is 2. The third kappa shape index (κ3) is 3.17. The minimum absolute atomic E-state index is 0.108. The number of nitrogens with one attached hydrogen (secondary N) is 1. The molecular weight excluding hydrogens is 308 g/mol. The first-order valence-electron chi connectivity index (χ1n) is 7.54. The Labute approximate surface area is 140 Å². The minimum Gasteiger partial charge on any atom is -0.454 e. The molecule has 6 heteroatoms. The molecule has 2 aromatic rings. The summed E-state index contributed by atoms with van der Waals surface area (Å²) in [7, 11) is 3.33. The van der Waals surface area contributed by atoms with E-state index in [0.717, 1.165) is 5.56 Å². The number of carbonyl (C=O) groups excluding carboxylic acids is 2. The zero-order chi connectivity index (χ0) is 17.1. The zero-order valence-corrected chi connectivity index (χ0v) is 13.5. The van der Waals surface area contributed by atoms with Crippen molar-refractivity contribution in [1.82, 2.24) is 10.2 Å². The van der Waals surface area contributed by atoms with E-state index < -0.39 is 0 Å². The summed E-state index contributed by atoms with van der Waals surface area (Å²) in [4.78, 5) is 25.7. The largest absolute Gasteiger partial charge is 0.454 e. The summed E-state index contributed by atoms with van der Waals surface area (Å²) in [5.41, 5.74) is 2.08. The number of amides is 2. The molecule has 1 aliphatic heterocycles. The lowest BCUT2D eigenvalue weighted by molar-refractivity contribution is 0.0784. The molecule has 0 atom stereocenters.